The molecular weight excluding hydrogens is 372 g/mol. The van der Waals surface area contributed by atoms with Crippen LogP contribution in [0.25, 0.3) is 0 Å². The van der Waals surface area contributed by atoms with Gasteiger partial charge in [0, 0.05) is 38.3 Å². The van der Waals surface area contributed by atoms with Crippen LogP contribution in [0.4, 0.5) is 5.69 Å². The van der Waals surface area contributed by atoms with Crippen LogP contribution in [0, 0.1) is 13.8 Å². The van der Waals surface area contributed by atoms with Gasteiger partial charge in [0.05, 0.1) is 5.75 Å². The van der Waals surface area contributed by atoms with Gasteiger partial charge in [-0.15, -0.1) is 11.8 Å². The zero-order valence-corrected chi connectivity index (χ0v) is 18.0. The molecule has 0 aliphatic carbocycles. The van der Waals surface area contributed by atoms with E-state index in [0.29, 0.717) is 6.54 Å². The van der Waals surface area contributed by atoms with Gasteiger partial charge in [0.25, 0.3) is 5.91 Å². The van der Waals surface area contributed by atoms with Crippen LogP contribution >= 0.6 is 11.8 Å². The number of hydrogen-bond acceptors (Lipinski definition) is 5. The van der Waals surface area contributed by atoms with Crippen LogP contribution in [0.15, 0.2) is 47.4 Å². The van der Waals surface area contributed by atoms with E-state index in [4.69, 9.17) is 4.74 Å². The lowest BCUT2D eigenvalue weighted by molar-refractivity contribution is -0.149. The smallest absolute Gasteiger partial charge is 0.316 e. The Morgan fingerprint density at radius 2 is 1.68 bits per heavy atom. The van der Waals surface area contributed by atoms with E-state index in [1.165, 1.54) is 17.3 Å². The molecule has 0 saturated carbocycles. The molecule has 0 saturated heterocycles. The molecule has 6 heteroatoms. The van der Waals surface area contributed by atoms with E-state index in [2.05, 4.69) is 6.07 Å². The SMILES string of the molecule is Cc1ccc(SCC(=O)OCC(=O)N(C)Cc2ccc(N(C)C)cc2)c(C)c1. The molecule has 0 aromatic heterocycles. The minimum Gasteiger partial charge on any atom is -0.455 e. The van der Waals surface area contributed by atoms with Crippen LogP contribution in [-0.2, 0) is 20.9 Å². The standard InChI is InChI=1S/C22H28N2O3S/c1-16-6-11-20(17(2)12-16)28-15-22(26)27-14-21(25)24(5)13-18-7-9-19(10-8-18)23(3)4/h6-12H,13-15H2,1-5H3. The number of thioether (sulfide) groups is 1. The molecule has 0 aliphatic rings. The number of aryl methyl sites for hydroxylation is 2. The lowest BCUT2D eigenvalue weighted by Crippen LogP contribution is -2.31. The van der Waals surface area contributed by atoms with Crippen molar-refractivity contribution in [1.29, 1.82) is 0 Å². The molecule has 150 valence electrons. The van der Waals surface area contributed by atoms with E-state index in [0.717, 1.165) is 21.7 Å². The van der Waals surface area contributed by atoms with Gasteiger partial charge in [-0.05, 0) is 43.2 Å². The van der Waals surface area contributed by atoms with Crippen molar-refractivity contribution in [1.82, 2.24) is 4.90 Å². The zero-order chi connectivity index (χ0) is 20.7. The molecular formula is C22H28N2O3S. The summed E-state index contributed by atoms with van der Waals surface area (Å²) in [7, 11) is 5.68. The minimum atomic E-state index is -0.387. The third-order valence-electron chi connectivity index (χ3n) is 4.33. The zero-order valence-electron chi connectivity index (χ0n) is 17.2. The Hall–Kier alpha value is -2.47. The number of rotatable bonds is 8. The molecule has 28 heavy (non-hydrogen) atoms. The van der Waals surface area contributed by atoms with Gasteiger partial charge in [-0.25, -0.2) is 0 Å². The fourth-order valence-electron chi connectivity index (χ4n) is 2.65. The first-order valence-electron chi connectivity index (χ1n) is 9.12. The minimum absolute atomic E-state index is 0.187. The van der Waals surface area contributed by atoms with Crippen molar-refractivity contribution in [2.75, 3.05) is 38.4 Å². The van der Waals surface area contributed by atoms with Gasteiger partial charge >= 0.3 is 5.97 Å². The first kappa shape index (κ1) is 21.8. The molecule has 0 fully saturated rings. The molecule has 5 nitrogen and oxygen atoms in total. The summed E-state index contributed by atoms with van der Waals surface area (Å²) in [6.45, 7) is 4.29. The average molecular weight is 401 g/mol. The molecule has 2 aromatic carbocycles. The summed E-state index contributed by atoms with van der Waals surface area (Å²) in [5.41, 5.74) is 4.45. The highest BCUT2D eigenvalue weighted by Crippen LogP contribution is 2.23. The maximum Gasteiger partial charge on any atom is 0.316 e. The second-order valence-electron chi connectivity index (χ2n) is 7.03. The Morgan fingerprint density at radius 3 is 2.29 bits per heavy atom. The van der Waals surface area contributed by atoms with Crippen molar-refractivity contribution < 1.29 is 14.3 Å². The van der Waals surface area contributed by atoms with Crippen molar-refractivity contribution in [3.05, 3.63) is 59.2 Å². The third kappa shape index (κ3) is 6.60. The molecule has 2 aromatic rings. The third-order valence-corrected chi connectivity index (χ3v) is 5.48. The van der Waals surface area contributed by atoms with Crippen LogP contribution < -0.4 is 4.90 Å². The Kier molecular flexibility index (Phi) is 7.93. The molecule has 0 bridgehead atoms. The number of carbonyl (C=O) groups excluding carboxylic acids is 2. The first-order valence-corrected chi connectivity index (χ1v) is 10.1. The fraction of sp³-hybridized carbons (Fsp3) is 0.364. The highest BCUT2D eigenvalue weighted by molar-refractivity contribution is 8.00. The number of esters is 1. The lowest BCUT2D eigenvalue weighted by Gasteiger charge is -2.18. The Labute approximate surface area is 171 Å². The number of carbonyl (C=O) groups is 2. The largest absolute Gasteiger partial charge is 0.455 e. The average Bonchev–Trinajstić information content (AvgIpc) is 2.65. The summed E-state index contributed by atoms with van der Waals surface area (Å²) in [5.74, 6) is -0.420. The van der Waals surface area contributed by atoms with Crippen LogP contribution in [0.2, 0.25) is 0 Å². The van der Waals surface area contributed by atoms with Crippen molar-refractivity contribution in [3.63, 3.8) is 0 Å². The molecule has 0 N–H and O–H groups in total. The van der Waals surface area contributed by atoms with Crippen LogP contribution in [0.5, 0.6) is 0 Å². The van der Waals surface area contributed by atoms with Gasteiger partial charge in [-0.1, -0.05) is 29.8 Å². The first-order chi connectivity index (χ1) is 13.3. The molecule has 0 spiro atoms. The Morgan fingerprint density at radius 1 is 1.00 bits per heavy atom. The van der Waals surface area contributed by atoms with Crippen molar-refractivity contribution in [3.8, 4) is 0 Å². The highest BCUT2D eigenvalue weighted by Gasteiger charge is 2.13. The monoisotopic (exact) mass is 400 g/mol. The molecule has 0 aliphatic heterocycles. The number of anilines is 1. The van der Waals surface area contributed by atoms with E-state index in [9.17, 15) is 9.59 Å². The van der Waals surface area contributed by atoms with E-state index in [1.54, 1.807) is 11.9 Å². The summed E-state index contributed by atoms with van der Waals surface area (Å²) < 4.78 is 5.14. The summed E-state index contributed by atoms with van der Waals surface area (Å²) in [6.07, 6.45) is 0. The molecule has 0 radical (unpaired) electrons. The molecule has 2 rings (SSSR count). The van der Waals surface area contributed by atoms with E-state index in [1.807, 2.05) is 69.2 Å². The number of ether oxygens (including phenoxy) is 1. The normalized spacial score (nSPS) is 10.5. The molecule has 0 unspecified atom stereocenters. The maximum atomic E-state index is 12.2. The van der Waals surface area contributed by atoms with Gasteiger partial charge in [-0.2, -0.15) is 0 Å². The van der Waals surface area contributed by atoms with Gasteiger partial charge in [0.2, 0.25) is 0 Å². The maximum absolute atomic E-state index is 12.2. The quantitative estimate of drug-likeness (QED) is 0.500. The summed E-state index contributed by atoms with van der Waals surface area (Å²) >= 11 is 1.43. The van der Waals surface area contributed by atoms with Gasteiger partial charge in [0.1, 0.15) is 0 Å². The molecule has 0 heterocycles. The molecule has 1 amide bonds. The van der Waals surface area contributed by atoms with Crippen LogP contribution in [0.1, 0.15) is 16.7 Å². The van der Waals surface area contributed by atoms with E-state index < -0.39 is 0 Å². The predicted molar refractivity (Wildman–Crippen MR) is 115 cm³/mol. The number of hydrogen-bond donors (Lipinski definition) is 0. The second-order valence-corrected chi connectivity index (χ2v) is 8.05. The van der Waals surface area contributed by atoms with Crippen molar-refractivity contribution in [2.24, 2.45) is 0 Å². The second kappa shape index (κ2) is 10.2. The molecule has 0 atom stereocenters. The summed E-state index contributed by atoms with van der Waals surface area (Å²) in [4.78, 5) is 28.8. The van der Waals surface area contributed by atoms with Gasteiger partial charge in [-0.3, -0.25) is 9.59 Å². The van der Waals surface area contributed by atoms with Crippen molar-refractivity contribution >= 4 is 29.3 Å². The van der Waals surface area contributed by atoms with Gasteiger partial charge in [0.15, 0.2) is 6.61 Å². The Balaban J connectivity index is 1.76. The summed E-state index contributed by atoms with van der Waals surface area (Å²) in [6, 6.07) is 14.1. The summed E-state index contributed by atoms with van der Waals surface area (Å²) in [5, 5.41) is 0. The number of amides is 1. The number of likely N-dealkylation sites (N-methyl/N-ethyl adjacent to an activating group) is 1. The van der Waals surface area contributed by atoms with E-state index >= 15 is 0 Å². The van der Waals surface area contributed by atoms with Crippen molar-refractivity contribution in [2.45, 2.75) is 25.3 Å². The highest BCUT2D eigenvalue weighted by atomic mass is 32.2. The number of nitrogens with zero attached hydrogens (tertiary/aromatic N) is 2. The Bertz CT molecular complexity index is 819. The van der Waals surface area contributed by atoms with Crippen LogP contribution in [0.3, 0.4) is 0 Å². The van der Waals surface area contributed by atoms with E-state index in [-0.39, 0.29) is 24.2 Å². The van der Waals surface area contributed by atoms with Crippen LogP contribution in [-0.4, -0.2) is 50.3 Å². The number of benzene rings is 2. The lowest BCUT2D eigenvalue weighted by atomic mass is 10.2. The van der Waals surface area contributed by atoms with Gasteiger partial charge < -0.3 is 14.5 Å². The topological polar surface area (TPSA) is 49.9 Å². The predicted octanol–water partition coefficient (Wildman–Crippen LogP) is 3.66. The fourth-order valence-corrected chi connectivity index (χ4v) is 3.46.